The quantitative estimate of drug-likeness (QED) is 0.517. The van der Waals surface area contributed by atoms with Crippen LogP contribution in [-0.2, 0) is 11.3 Å². The Morgan fingerprint density at radius 1 is 1.25 bits per heavy atom. The molecule has 1 atom stereocenters. The number of amides is 1. The molecule has 0 saturated carbocycles. The minimum absolute atomic E-state index is 0.0511. The maximum Gasteiger partial charge on any atom is 0.246 e. The summed E-state index contributed by atoms with van der Waals surface area (Å²) in [5, 5.41) is 0. The van der Waals surface area contributed by atoms with Gasteiger partial charge in [-0.2, -0.15) is 0 Å². The Hall–Kier alpha value is -2.43. The normalized spacial score (nSPS) is 16.0. The summed E-state index contributed by atoms with van der Waals surface area (Å²) < 4.78 is 0.755. The van der Waals surface area contributed by atoms with Crippen LogP contribution in [-0.4, -0.2) is 22.3 Å². The molecule has 1 aliphatic heterocycles. The Balaban J connectivity index is 1.86. The molecule has 3 nitrogen and oxygen atoms in total. The zero-order valence-corrected chi connectivity index (χ0v) is 17.5. The number of halogens is 1. The van der Waals surface area contributed by atoms with E-state index in [0.717, 1.165) is 31.7 Å². The summed E-state index contributed by atoms with van der Waals surface area (Å²) in [6.45, 7) is 8.94. The molecular weight excluding hydrogens is 388 g/mol. The van der Waals surface area contributed by atoms with E-state index in [4.69, 9.17) is 16.6 Å². The number of nitrogens with zero attached hydrogens (tertiary/aromatic N) is 2. The maximum atomic E-state index is 12.4. The van der Waals surface area contributed by atoms with Crippen LogP contribution in [0.1, 0.15) is 33.2 Å². The van der Waals surface area contributed by atoms with E-state index in [-0.39, 0.29) is 11.8 Å². The predicted molar refractivity (Wildman–Crippen MR) is 116 cm³/mol. The van der Waals surface area contributed by atoms with Gasteiger partial charge in [-0.05, 0) is 54.8 Å². The molecule has 0 spiro atoms. The van der Waals surface area contributed by atoms with Crippen LogP contribution in [0.2, 0.25) is 4.34 Å². The summed E-state index contributed by atoms with van der Waals surface area (Å²) in [6, 6.07) is 14.6. The number of aryl methyl sites for hydroxylation is 2. The molecule has 0 saturated heterocycles. The number of thiophene rings is 1. The van der Waals surface area contributed by atoms with E-state index in [1.54, 1.807) is 11.3 Å². The molecule has 0 unspecified atom stereocenters. The minimum Gasteiger partial charge on any atom is -0.333 e. The van der Waals surface area contributed by atoms with Gasteiger partial charge in [0.2, 0.25) is 5.91 Å². The van der Waals surface area contributed by atoms with Gasteiger partial charge in [0, 0.05) is 28.6 Å². The van der Waals surface area contributed by atoms with E-state index in [1.165, 1.54) is 17.2 Å². The number of benzene rings is 1. The molecule has 2 aromatic heterocycles. The summed E-state index contributed by atoms with van der Waals surface area (Å²) >= 11 is 7.89. The summed E-state index contributed by atoms with van der Waals surface area (Å²) in [5.41, 5.74) is 6.61. The number of pyridine rings is 1. The molecule has 1 aliphatic rings. The highest BCUT2D eigenvalue weighted by atomic mass is 35.5. The second kappa shape index (κ2) is 7.53. The molecule has 3 aromatic rings. The summed E-state index contributed by atoms with van der Waals surface area (Å²) in [6.07, 6.45) is 1.38. The predicted octanol–water partition coefficient (Wildman–Crippen LogP) is 5.74. The van der Waals surface area contributed by atoms with Gasteiger partial charge in [-0.25, -0.2) is 0 Å². The van der Waals surface area contributed by atoms with Crippen molar-refractivity contribution in [1.82, 2.24) is 9.88 Å². The number of rotatable bonds is 3. The molecular formula is C23H21ClN2OS. The third kappa shape index (κ3) is 3.50. The molecule has 4 rings (SSSR count). The Bertz CT molecular complexity index is 1050. The fourth-order valence-corrected chi connectivity index (χ4v) is 5.32. The summed E-state index contributed by atoms with van der Waals surface area (Å²) in [5.74, 6) is -0.00241. The lowest BCUT2D eigenvalue weighted by Crippen LogP contribution is -2.37. The van der Waals surface area contributed by atoms with Crippen LogP contribution in [0.15, 0.2) is 55.1 Å². The Morgan fingerprint density at radius 3 is 2.79 bits per heavy atom. The van der Waals surface area contributed by atoms with Crippen molar-refractivity contribution in [2.45, 2.75) is 26.3 Å². The maximum absolute atomic E-state index is 12.4. The number of carbonyl (C=O) groups excluding carboxylic acids is 1. The molecule has 1 aromatic carbocycles. The van der Waals surface area contributed by atoms with Crippen LogP contribution in [0.5, 0.6) is 0 Å². The third-order valence-electron chi connectivity index (χ3n) is 5.12. The molecule has 0 N–H and O–H groups in total. The van der Waals surface area contributed by atoms with Gasteiger partial charge in [-0.1, -0.05) is 42.4 Å². The second-order valence-corrected chi connectivity index (χ2v) is 8.93. The van der Waals surface area contributed by atoms with Crippen LogP contribution in [0.3, 0.4) is 0 Å². The van der Waals surface area contributed by atoms with Gasteiger partial charge in [0.25, 0.3) is 0 Å². The molecule has 5 heteroatoms. The van der Waals surface area contributed by atoms with E-state index in [1.807, 2.05) is 30.0 Å². The molecule has 142 valence electrons. The van der Waals surface area contributed by atoms with Crippen molar-refractivity contribution in [3.63, 3.8) is 0 Å². The number of hydrogen-bond donors (Lipinski definition) is 0. The molecule has 0 aliphatic carbocycles. The average Bonchev–Trinajstić information content (AvgIpc) is 3.06. The van der Waals surface area contributed by atoms with E-state index in [0.29, 0.717) is 13.1 Å². The van der Waals surface area contributed by atoms with Gasteiger partial charge >= 0.3 is 0 Å². The van der Waals surface area contributed by atoms with Gasteiger partial charge in [0.15, 0.2) is 0 Å². The van der Waals surface area contributed by atoms with Crippen LogP contribution >= 0.6 is 22.9 Å². The zero-order chi connectivity index (χ0) is 19.8. The van der Waals surface area contributed by atoms with Gasteiger partial charge in [0.05, 0.1) is 16.6 Å². The lowest BCUT2D eigenvalue weighted by Gasteiger charge is -2.33. The topological polar surface area (TPSA) is 33.2 Å². The van der Waals surface area contributed by atoms with Crippen molar-refractivity contribution in [1.29, 1.82) is 0 Å². The molecule has 28 heavy (non-hydrogen) atoms. The Kier molecular flexibility index (Phi) is 5.09. The second-order valence-electron chi connectivity index (χ2n) is 7.16. The molecule has 0 fully saturated rings. The largest absolute Gasteiger partial charge is 0.333 e. The Labute approximate surface area is 174 Å². The number of aromatic nitrogens is 1. The average molecular weight is 409 g/mol. The van der Waals surface area contributed by atoms with Crippen molar-refractivity contribution in [2.24, 2.45) is 0 Å². The fourth-order valence-electron chi connectivity index (χ4n) is 3.96. The lowest BCUT2D eigenvalue weighted by atomic mass is 9.84. The number of carbonyl (C=O) groups is 1. The van der Waals surface area contributed by atoms with Crippen LogP contribution in [0.25, 0.3) is 11.3 Å². The van der Waals surface area contributed by atoms with Crippen molar-refractivity contribution >= 4 is 28.8 Å². The van der Waals surface area contributed by atoms with Gasteiger partial charge < -0.3 is 4.90 Å². The van der Waals surface area contributed by atoms with Crippen molar-refractivity contribution in [2.75, 3.05) is 6.54 Å². The summed E-state index contributed by atoms with van der Waals surface area (Å²) in [4.78, 5) is 20.1. The highest BCUT2D eigenvalue weighted by Gasteiger charge is 2.31. The smallest absolute Gasteiger partial charge is 0.246 e. The molecule has 1 amide bonds. The zero-order valence-electron chi connectivity index (χ0n) is 15.9. The van der Waals surface area contributed by atoms with E-state index < -0.39 is 0 Å². The molecule has 0 bridgehead atoms. The standard InChI is InChI=1S/C23H21ClN2OS/c1-4-23(27)26-12-19(18-11-22(24)28-21(18)13-26)16-7-5-6-8-17(16)20-10-14(2)9-15(3)25-20/h4-11,19H,1,12-13H2,2-3H3/t19-/m1/s1. The monoisotopic (exact) mass is 408 g/mol. The van der Waals surface area contributed by atoms with Gasteiger partial charge in [0.1, 0.15) is 0 Å². The first-order valence-corrected chi connectivity index (χ1v) is 10.4. The van der Waals surface area contributed by atoms with E-state index in [2.05, 4.69) is 37.8 Å². The first-order chi connectivity index (χ1) is 13.5. The number of hydrogen-bond acceptors (Lipinski definition) is 3. The van der Waals surface area contributed by atoms with Crippen LogP contribution < -0.4 is 0 Å². The molecule has 3 heterocycles. The van der Waals surface area contributed by atoms with Gasteiger partial charge in [-0.3, -0.25) is 9.78 Å². The van der Waals surface area contributed by atoms with E-state index in [9.17, 15) is 4.79 Å². The summed E-state index contributed by atoms with van der Waals surface area (Å²) in [7, 11) is 0. The SMILES string of the molecule is C=CC(=O)N1Cc2sc(Cl)cc2[C@@H](c2ccccc2-c2cc(C)cc(C)n2)C1. The van der Waals surface area contributed by atoms with Crippen LogP contribution in [0, 0.1) is 13.8 Å². The third-order valence-corrected chi connectivity index (χ3v) is 6.39. The number of fused-ring (bicyclic) bond motifs is 1. The fraction of sp³-hybridized carbons (Fsp3) is 0.217. The minimum atomic E-state index is -0.0535. The highest BCUT2D eigenvalue weighted by molar-refractivity contribution is 7.16. The molecule has 0 radical (unpaired) electrons. The van der Waals surface area contributed by atoms with Crippen molar-refractivity contribution < 1.29 is 4.79 Å². The first-order valence-electron chi connectivity index (χ1n) is 9.20. The van der Waals surface area contributed by atoms with Crippen molar-refractivity contribution in [3.05, 3.63) is 86.7 Å². The lowest BCUT2D eigenvalue weighted by molar-refractivity contribution is -0.127. The Morgan fingerprint density at radius 2 is 2.04 bits per heavy atom. The van der Waals surface area contributed by atoms with Crippen molar-refractivity contribution in [3.8, 4) is 11.3 Å². The first kappa shape index (κ1) is 18.9. The van der Waals surface area contributed by atoms with Crippen LogP contribution in [0.4, 0.5) is 0 Å². The van der Waals surface area contributed by atoms with E-state index >= 15 is 0 Å². The van der Waals surface area contributed by atoms with Gasteiger partial charge in [-0.15, -0.1) is 11.3 Å². The highest BCUT2D eigenvalue weighted by Crippen LogP contribution is 2.42.